The lowest BCUT2D eigenvalue weighted by molar-refractivity contribution is -0.121. The fourth-order valence-electron chi connectivity index (χ4n) is 2.07. The van der Waals surface area contributed by atoms with E-state index < -0.39 is 0 Å². The number of H-pyrrole nitrogens is 1. The summed E-state index contributed by atoms with van der Waals surface area (Å²) in [5, 5.41) is 14.5. The van der Waals surface area contributed by atoms with E-state index in [4.69, 9.17) is 5.26 Å². The zero-order valence-electron chi connectivity index (χ0n) is 13.1. The van der Waals surface area contributed by atoms with Crippen LogP contribution in [0.15, 0.2) is 11.0 Å². The van der Waals surface area contributed by atoms with Crippen LogP contribution in [0.1, 0.15) is 37.6 Å². The molecule has 0 spiro atoms. The number of carbonyl (C=O) groups is 1. The number of amides is 1. The molecule has 2 N–H and O–H groups in total. The van der Waals surface area contributed by atoms with E-state index in [0.29, 0.717) is 22.7 Å². The van der Waals surface area contributed by atoms with Crippen LogP contribution in [-0.2, 0) is 11.2 Å². The summed E-state index contributed by atoms with van der Waals surface area (Å²) < 4.78 is 1.19. The molecule has 7 heteroatoms. The summed E-state index contributed by atoms with van der Waals surface area (Å²) in [6.07, 6.45) is 1.40. The zero-order valence-corrected chi connectivity index (χ0v) is 13.1. The van der Waals surface area contributed by atoms with E-state index >= 15 is 0 Å². The number of hydrogen-bond acceptors (Lipinski definition) is 4. The minimum Gasteiger partial charge on any atom is -0.353 e. The van der Waals surface area contributed by atoms with Crippen molar-refractivity contribution in [2.24, 2.45) is 5.92 Å². The second-order valence-corrected chi connectivity index (χ2v) is 5.72. The van der Waals surface area contributed by atoms with Gasteiger partial charge in [0.1, 0.15) is 11.6 Å². The van der Waals surface area contributed by atoms with Crippen molar-refractivity contribution in [1.29, 1.82) is 5.26 Å². The zero-order chi connectivity index (χ0) is 16.4. The molecule has 0 aliphatic rings. The monoisotopic (exact) mass is 301 g/mol. The molecule has 0 aliphatic carbocycles. The van der Waals surface area contributed by atoms with Crippen molar-refractivity contribution in [2.75, 3.05) is 0 Å². The van der Waals surface area contributed by atoms with Gasteiger partial charge in [0.05, 0.1) is 6.42 Å². The van der Waals surface area contributed by atoms with Crippen molar-refractivity contribution >= 4 is 11.6 Å². The van der Waals surface area contributed by atoms with Crippen LogP contribution in [0.4, 0.5) is 0 Å². The lowest BCUT2D eigenvalue weighted by Gasteiger charge is -2.17. The molecule has 0 bridgehead atoms. The maximum absolute atomic E-state index is 12.4. The van der Waals surface area contributed by atoms with Crippen molar-refractivity contribution in [2.45, 2.75) is 40.2 Å². The minimum atomic E-state index is -0.351. The molecular formula is C15H19N5O2. The molecule has 0 saturated carbocycles. The maximum Gasteiger partial charge on any atom is 0.276 e. The Morgan fingerprint density at radius 2 is 2.18 bits per heavy atom. The first-order valence-corrected chi connectivity index (χ1v) is 7.14. The number of aryl methyl sites for hydroxylation is 1. The highest BCUT2D eigenvalue weighted by Gasteiger charge is 2.18. The fraction of sp³-hybridized carbons (Fsp3) is 0.467. The molecule has 2 rings (SSSR count). The van der Waals surface area contributed by atoms with Gasteiger partial charge in [-0.3, -0.25) is 14.7 Å². The quantitative estimate of drug-likeness (QED) is 0.875. The van der Waals surface area contributed by atoms with Crippen molar-refractivity contribution in [3.63, 3.8) is 0 Å². The Kier molecular flexibility index (Phi) is 4.31. The largest absolute Gasteiger partial charge is 0.353 e. The number of aromatic nitrogens is 3. The minimum absolute atomic E-state index is 0.0292. The SMILES string of the molecule is Cc1nc2c(C#N)c[nH]n2c(=O)c1CC(=O)N[C@@H](C)C(C)C. The number of nitrogens with one attached hydrogen (secondary N) is 2. The normalized spacial score (nSPS) is 12.4. The summed E-state index contributed by atoms with van der Waals surface area (Å²) in [5.41, 5.74) is 1.02. The molecule has 0 radical (unpaired) electrons. The van der Waals surface area contributed by atoms with E-state index in [0.717, 1.165) is 0 Å². The molecule has 0 saturated heterocycles. The summed E-state index contributed by atoms with van der Waals surface area (Å²) in [5.74, 6) is 0.101. The molecule has 116 valence electrons. The van der Waals surface area contributed by atoms with Crippen molar-refractivity contribution in [3.05, 3.63) is 33.4 Å². The first-order chi connectivity index (χ1) is 10.3. The molecule has 7 nitrogen and oxygen atoms in total. The van der Waals surface area contributed by atoms with Crippen LogP contribution >= 0.6 is 0 Å². The lowest BCUT2D eigenvalue weighted by Crippen LogP contribution is -2.38. The van der Waals surface area contributed by atoms with Gasteiger partial charge < -0.3 is 5.32 Å². The standard InChI is InChI=1S/C15H19N5O2/c1-8(2)9(3)18-13(21)5-12-10(4)19-14-11(6-16)7-17-20(14)15(12)22/h7-9,17H,5H2,1-4H3,(H,18,21)/t9-/m0/s1. The topological polar surface area (TPSA) is 103 Å². The average Bonchev–Trinajstić information content (AvgIpc) is 2.86. The highest BCUT2D eigenvalue weighted by molar-refractivity contribution is 5.79. The van der Waals surface area contributed by atoms with Gasteiger partial charge in [0.2, 0.25) is 5.91 Å². The molecule has 2 heterocycles. The van der Waals surface area contributed by atoms with Gasteiger partial charge in [-0.25, -0.2) is 9.50 Å². The van der Waals surface area contributed by atoms with Crippen LogP contribution in [0, 0.1) is 24.2 Å². The molecule has 0 aromatic carbocycles. The summed E-state index contributed by atoms with van der Waals surface area (Å²) in [6.45, 7) is 7.63. The Bertz CT molecular complexity index is 810. The van der Waals surface area contributed by atoms with E-state index in [1.54, 1.807) is 6.92 Å². The van der Waals surface area contributed by atoms with E-state index in [2.05, 4.69) is 15.4 Å². The van der Waals surface area contributed by atoms with Gasteiger partial charge in [-0.15, -0.1) is 0 Å². The van der Waals surface area contributed by atoms with Gasteiger partial charge in [0.15, 0.2) is 5.65 Å². The van der Waals surface area contributed by atoms with Gasteiger partial charge in [-0.05, 0) is 19.8 Å². The number of nitriles is 1. The number of nitrogens with zero attached hydrogens (tertiary/aromatic N) is 3. The first-order valence-electron chi connectivity index (χ1n) is 7.14. The van der Waals surface area contributed by atoms with Crippen LogP contribution in [0.5, 0.6) is 0 Å². The predicted molar refractivity (Wildman–Crippen MR) is 81.4 cm³/mol. The molecule has 22 heavy (non-hydrogen) atoms. The number of carbonyl (C=O) groups excluding carboxylic acids is 1. The molecule has 0 aliphatic heterocycles. The van der Waals surface area contributed by atoms with Crippen molar-refractivity contribution < 1.29 is 4.79 Å². The number of rotatable bonds is 4. The molecular weight excluding hydrogens is 282 g/mol. The van der Waals surface area contributed by atoms with Crippen LogP contribution in [0.3, 0.4) is 0 Å². The third-order valence-corrected chi connectivity index (χ3v) is 3.81. The molecule has 1 atom stereocenters. The Hall–Kier alpha value is -2.62. The van der Waals surface area contributed by atoms with E-state index in [9.17, 15) is 9.59 Å². The highest BCUT2D eigenvalue weighted by atomic mass is 16.2. The number of fused-ring (bicyclic) bond motifs is 1. The molecule has 0 unspecified atom stereocenters. The smallest absolute Gasteiger partial charge is 0.276 e. The summed E-state index contributed by atoms with van der Waals surface area (Å²) in [7, 11) is 0. The van der Waals surface area contributed by atoms with E-state index in [1.165, 1.54) is 10.7 Å². The van der Waals surface area contributed by atoms with Gasteiger partial charge >= 0.3 is 0 Å². The molecule has 2 aromatic heterocycles. The Labute approximate surface area is 128 Å². The molecule has 2 aromatic rings. The van der Waals surface area contributed by atoms with E-state index in [1.807, 2.05) is 26.8 Å². The van der Waals surface area contributed by atoms with E-state index in [-0.39, 0.29) is 29.6 Å². The number of aromatic amines is 1. The second kappa shape index (κ2) is 6.02. The van der Waals surface area contributed by atoms with Gasteiger partial charge in [-0.1, -0.05) is 13.8 Å². The third kappa shape index (κ3) is 2.86. The van der Waals surface area contributed by atoms with Crippen LogP contribution in [-0.4, -0.2) is 26.5 Å². The van der Waals surface area contributed by atoms with Crippen LogP contribution in [0.25, 0.3) is 5.65 Å². The lowest BCUT2D eigenvalue weighted by atomic mass is 10.1. The fourth-order valence-corrected chi connectivity index (χ4v) is 2.07. The highest BCUT2D eigenvalue weighted by Crippen LogP contribution is 2.09. The van der Waals surface area contributed by atoms with Crippen LogP contribution in [0.2, 0.25) is 0 Å². The van der Waals surface area contributed by atoms with Crippen LogP contribution < -0.4 is 10.9 Å². The average molecular weight is 301 g/mol. The van der Waals surface area contributed by atoms with Crippen molar-refractivity contribution in [3.8, 4) is 6.07 Å². The second-order valence-electron chi connectivity index (χ2n) is 5.72. The maximum atomic E-state index is 12.4. The Morgan fingerprint density at radius 1 is 1.50 bits per heavy atom. The summed E-state index contributed by atoms with van der Waals surface area (Å²) in [6, 6.07) is 2.00. The number of hydrogen-bond donors (Lipinski definition) is 2. The third-order valence-electron chi connectivity index (χ3n) is 3.81. The summed E-state index contributed by atoms with van der Waals surface area (Å²) in [4.78, 5) is 28.8. The first kappa shape index (κ1) is 15.8. The Balaban J connectivity index is 2.35. The van der Waals surface area contributed by atoms with Crippen molar-refractivity contribution in [1.82, 2.24) is 19.9 Å². The molecule has 1 amide bonds. The predicted octanol–water partition coefficient (Wildman–Crippen LogP) is 0.906. The van der Waals surface area contributed by atoms with Gasteiger partial charge in [0.25, 0.3) is 5.56 Å². The summed E-state index contributed by atoms with van der Waals surface area (Å²) >= 11 is 0. The molecule has 0 fully saturated rings. The van der Waals surface area contributed by atoms with Gasteiger partial charge in [-0.2, -0.15) is 5.26 Å². The van der Waals surface area contributed by atoms with Gasteiger partial charge in [0, 0.05) is 23.5 Å². The Morgan fingerprint density at radius 3 is 2.77 bits per heavy atom.